The van der Waals surface area contributed by atoms with Crippen molar-refractivity contribution in [3.8, 4) is 0 Å². The maximum atomic E-state index is 8.30. The Hall–Kier alpha value is 0.320. The van der Waals surface area contributed by atoms with Crippen molar-refractivity contribution in [2.24, 2.45) is 0 Å². The first-order chi connectivity index (χ1) is 5.45. The molecule has 0 aromatic carbocycles. The predicted octanol–water partition coefficient (Wildman–Crippen LogP) is 1.10. The molecule has 0 atom stereocenters. The average Bonchev–Trinajstić information content (AvgIpc) is 1.98. The lowest BCUT2D eigenvalue weighted by Crippen LogP contribution is -2.20. The van der Waals surface area contributed by atoms with E-state index >= 15 is 0 Å². The van der Waals surface area contributed by atoms with Gasteiger partial charge in [0.05, 0.1) is 0 Å². The van der Waals surface area contributed by atoms with E-state index in [0.29, 0.717) is 21.6 Å². The van der Waals surface area contributed by atoms with E-state index < -0.39 is 0 Å². The predicted molar refractivity (Wildman–Crippen MR) is 51.2 cm³/mol. The fraction of sp³-hybridized carbons (Fsp3) is 0. The quantitative estimate of drug-likeness (QED) is 0.284. The summed E-state index contributed by atoms with van der Waals surface area (Å²) in [6.07, 6.45) is 0. The zero-order chi connectivity index (χ0) is 9.72. The minimum atomic E-state index is -0.274. The molecule has 0 aliphatic heterocycles. The van der Waals surface area contributed by atoms with Gasteiger partial charge in [-0.25, -0.2) is 0 Å². The van der Waals surface area contributed by atoms with E-state index in [1.54, 1.807) is 0 Å². The van der Waals surface area contributed by atoms with Crippen molar-refractivity contribution in [3.05, 3.63) is 0 Å². The molecule has 0 saturated carbocycles. The normalized spacial score (nSPS) is 9.33. The van der Waals surface area contributed by atoms with Gasteiger partial charge in [0.25, 0.3) is 0 Å². The second kappa shape index (κ2) is 5.88. The molecule has 0 radical (unpaired) electrons. The number of hydroxylamine groups is 4. The van der Waals surface area contributed by atoms with Gasteiger partial charge >= 0.3 is 0 Å². The Morgan fingerprint density at radius 2 is 1.08 bits per heavy atom. The molecule has 12 heavy (non-hydrogen) atoms. The lowest BCUT2D eigenvalue weighted by Gasteiger charge is -2.09. The highest BCUT2D eigenvalue weighted by Gasteiger charge is 2.09. The van der Waals surface area contributed by atoms with Crippen LogP contribution in [0.2, 0.25) is 0 Å². The van der Waals surface area contributed by atoms with Crippen molar-refractivity contribution in [2.45, 2.75) is 0 Å². The summed E-state index contributed by atoms with van der Waals surface area (Å²) >= 11 is 8.82. The molecular formula is C2H4N2O4S4. The van der Waals surface area contributed by atoms with E-state index in [9.17, 15) is 0 Å². The highest BCUT2D eigenvalue weighted by Crippen LogP contribution is 2.26. The molecule has 0 bridgehead atoms. The van der Waals surface area contributed by atoms with Crippen LogP contribution in [-0.2, 0) is 0 Å². The van der Waals surface area contributed by atoms with Gasteiger partial charge in [-0.1, -0.05) is 0 Å². The molecule has 0 unspecified atom stereocenters. The summed E-state index contributed by atoms with van der Waals surface area (Å²) in [6.45, 7) is 0. The van der Waals surface area contributed by atoms with E-state index in [0.717, 1.165) is 0 Å². The standard InChI is InChI=1S/C2H4N2O4S4/c5-3(6)1(9)11-12-2(10)4(7)8/h5-8H. The fourth-order valence-corrected chi connectivity index (χ4v) is 1.85. The summed E-state index contributed by atoms with van der Waals surface area (Å²) in [4.78, 5) is 0. The van der Waals surface area contributed by atoms with Crippen LogP contribution < -0.4 is 0 Å². The fourth-order valence-electron chi connectivity index (χ4n) is 0.138. The molecule has 6 nitrogen and oxygen atoms in total. The zero-order valence-corrected chi connectivity index (χ0v) is 8.58. The number of thiocarbonyl (C=S) groups is 2. The smallest absolute Gasteiger partial charge is 0.201 e. The molecule has 0 saturated heterocycles. The van der Waals surface area contributed by atoms with E-state index in [2.05, 4.69) is 24.4 Å². The third-order valence-corrected chi connectivity index (χ3v) is 3.86. The Bertz CT molecular complexity index is 164. The molecule has 0 spiro atoms. The highest BCUT2D eigenvalue weighted by molar-refractivity contribution is 8.89. The van der Waals surface area contributed by atoms with Gasteiger partial charge in [0.1, 0.15) is 0 Å². The van der Waals surface area contributed by atoms with Crippen LogP contribution >= 0.6 is 46.0 Å². The van der Waals surface area contributed by atoms with Crippen molar-refractivity contribution in [1.82, 2.24) is 10.5 Å². The van der Waals surface area contributed by atoms with E-state index in [-0.39, 0.29) is 19.1 Å². The number of nitrogens with zero attached hydrogens (tertiary/aromatic N) is 2. The largest absolute Gasteiger partial charge is 0.263 e. The van der Waals surface area contributed by atoms with Gasteiger partial charge in [-0.15, -0.1) is 10.5 Å². The summed E-state index contributed by atoms with van der Waals surface area (Å²) in [7, 11) is 1.38. The van der Waals surface area contributed by atoms with Gasteiger partial charge in [-0.05, 0) is 46.0 Å². The van der Waals surface area contributed by atoms with E-state index in [4.69, 9.17) is 20.8 Å². The highest BCUT2D eigenvalue weighted by atomic mass is 33.1. The van der Waals surface area contributed by atoms with Crippen molar-refractivity contribution >= 4 is 54.7 Å². The van der Waals surface area contributed by atoms with Crippen molar-refractivity contribution in [3.63, 3.8) is 0 Å². The maximum absolute atomic E-state index is 8.30. The van der Waals surface area contributed by atoms with Crippen LogP contribution in [0, 0.1) is 0 Å². The van der Waals surface area contributed by atoms with Gasteiger partial charge in [0.15, 0.2) is 0 Å². The molecule has 0 amide bonds. The van der Waals surface area contributed by atoms with E-state index in [1.165, 1.54) is 0 Å². The first-order valence-electron chi connectivity index (χ1n) is 2.23. The zero-order valence-electron chi connectivity index (χ0n) is 5.32. The summed E-state index contributed by atoms with van der Waals surface area (Å²) < 4.78 is -0.548. The van der Waals surface area contributed by atoms with Gasteiger partial charge in [0, 0.05) is 0 Å². The lowest BCUT2D eigenvalue weighted by atomic mass is 11.5. The molecule has 0 aromatic rings. The minimum absolute atomic E-state index is 0.269. The molecule has 0 aliphatic rings. The van der Waals surface area contributed by atoms with Crippen LogP contribution in [-0.4, -0.2) is 39.9 Å². The van der Waals surface area contributed by atoms with Crippen LogP contribution in [0.15, 0.2) is 0 Å². The lowest BCUT2D eigenvalue weighted by molar-refractivity contribution is -0.239. The number of hydrogen-bond donors (Lipinski definition) is 4. The third-order valence-electron chi connectivity index (χ3n) is 0.511. The molecule has 70 valence electrons. The van der Waals surface area contributed by atoms with Gasteiger partial charge in [-0.2, -0.15) is 0 Å². The molecule has 0 aliphatic carbocycles. The summed E-state index contributed by atoms with van der Waals surface area (Å²) in [5.41, 5.74) is 0. The second-order valence-corrected chi connectivity index (χ2v) is 4.67. The Morgan fingerprint density at radius 3 is 1.25 bits per heavy atom. The SMILES string of the molecule is ON(O)C(=S)SSC(=S)N(O)O. The summed E-state index contributed by atoms with van der Waals surface area (Å²) in [6, 6.07) is 0. The summed E-state index contributed by atoms with van der Waals surface area (Å²) in [5, 5.41) is 32.7. The number of rotatable bonds is 0. The number of hydrogen-bond acceptors (Lipinski definition) is 8. The average molecular weight is 248 g/mol. The van der Waals surface area contributed by atoms with Crippen LogP contribution in [0.4, 0.5) is 0 Å². The Morgan fingerprint density at radius 1 is 0.833 bits per heavy atom. The van der Waals surface area contributed by atoms with Crippen LogP contribution in [0.25, 0.3) is 0 Å². The van der Waals surface area contributed by atoms with Crippen LogP contribution in [0.5, 0.6) is 0 Å². The molecular weight excluding hydrogens is 244 g/mol. The first-order valence-corrected chi connectivity index (χ1v) is 5.20. The monoisotopic (exact) mass is 248 g/mol. The van der Waals surface area contributed by atoms with Crippen molar-refractivity contribution in [2.75, 3.05) is 0 Å². The second-order valence-electron chi connectivity index (χ2n) is 1.28. The van der Waals surface area contributed by atoms with Crippen molar-refractivity contribution in [1.29, 1.82) is 0 Å². The molecule has 0 rings (SSSR count). The van der Waals surface area contributed by atoms with Gasteiger partial charge < -0.3 is 0 Å². The molecule has 0 heterocycles. The first kappa shape index (κ1) is 12.3. The van der Waals surface area contributed by atoms with E-state index in [1.807, 2.05) is 0 Å². The minimum Gasteiger partial charge on any atom is -0.263 e. The third kappa shape index (κ3) is 5.05. The van der Waals surface area contributed by atoms with Gasteiger partial charge in [-0.3, -0.25) is 20.8 Å². The maximum Gasteiger partial charge on any atom is 0.201 e. The molecule has 4 N–H and O–H groups in total. The van der Waals surface area contributed by atoms with Crippen LogP contribution in [0.1, 0.15) is 0 Å². The molecule has 0 fully saturated rings. The van der Waals surface area contributed by atoms with Crippen LogP contribution in [0.3, 0.4) is 0 Å². The van der Waals surface area contributed by atoms with Gasteiger partial charge in [0.2, 0.25) is 8.64 Å². The summed E-state index contributed by atoms with van der Waals surface area (Å²) in [5.74, 6) is 0. The Labute approximate surface area is 86.0 Å². The Kier molecular flexibility index (Phi) is 6.04. The molecule has 10 heteroatoms. The van der Waals surface area contributed by atoms with Crippen molar-refractivity contribution < 1.29 is 20.8 Å². The molecule has 0 aromatic heterocycles. The Balaban J connectivity index is 3.69. The topological polar surface area (TPSA) is 87.4 Å².